The van der Waals surface area contributed by atoms with Crippen molar-refractivity contribution in [3.05, 3.63) is 71.3 Å². The largest absolute Gasteiger partial charge is 0.354 e. The highest BCUT2D eigenvalue weighted by Crippen LogP contribution is 2.36. The van der Waals surface area contributed by atoms with E-state index in [4.69, 9.17) is 5.73 Å². The molecule has 0 aliphatic carbocycles. The zero-order valence-corrected chi connectivity index (χ0v) is 18.5. The van der Waals surface area contributed by atoms with Crippen LogP contribution in [0.2, 0.25) is 0 Å². The van der Waals surface area contributed by atoms with Crippen LogP contribution in [-0.4, -0.2) is 53.3 Å². The molecule has 1 fully saturated rings. The lowest BCUT2D eigenvalue weighted by atomic mass is 9.77. The summed E-state index contributed by atoms with van der Waals surface area (Å²) in [6.45, 7) is 4.27. The number of nitrogens with one attached hydrogen (secondary N) is 2. The van der Waals surface area contributed by atoms with Crippen LogP contribution in [0.4, 0.5) is 0 Å². The van der Waals surface area contributed by atoms with Crippen LogP contribution in [0.15, 0.2) is 54.6 Å². The summed E-state index contributed by atoms with van der Waals surface area (Å²) in [7, 11) is 0. The Kier molecular flexibility index (Phi) is 6.02. The molecule has 1 spiro atoms. The number of hydrogen-bond acceptors (Lipinski definition) is 4. The molecule has 0 saturated carbocycles. The van der Waals surface area contributed by atoms with Gasteiger partial charge in [-0.25, -0.2) is 0 Å². The molecular weight excluding hydrogens is 404 g/mol. The van der Waals surface area contributed by atoms with Gasteiger partial charge in [0.2, 0.25) is 11.8 Å². The van der Waals surface area contributed by atoms with E-state index >= 15 is 0 Å². The lowest BCUT2D eigenvalue weighted by Crippen LogP contribution is -2.62. The van der Waals surface area contributed by atoms with Gasteiger partial charge in [-0.05, 0) is 43.9 Å². The van der Waals surface area contributed by atoms with Crippen LogP contribution in [0, 0.1) is 5.92 Å². The molecule has 2 aliphatic rings. The van der Waals surface area contributed by atoms with Gasteiger partial charge in [0.15, 0.2) is 0 Å². The predicted molar refractivity (Wildman–Crippen MR) is 122 cm³/mol. The summed E-state index contributed by atoms with van der Waals surface area (Å²) in [5.41, 5.74) is 7.91. The molecule has 32 heavy (non-hydrogen) atoms. The standard InChI is InChI=1S/C25H30N4O3/c1-16(2)27-23(31)20-14-29(24(32)21(26)12-17-8-4-3-5-9-17)15-25(20)13-18-10-6-7-11-19(18)22(30)28-25/h3-11,16,20-21H,12-15,26H2,1-2H3,(H,27,31)(H,28,30)/t20-,21+,25+/m0/s1. The first-order valence-electron chi connectivity index (χ1n) is 11.1. The second-order valence-electron chi connectivity index (χ2n) is 9.18. The minimum atomic E-state index is -0.855. The van der Waals surface area contributed by atoms with Gasteiger partial charge in [0.1, 0.15) is 0 Å². The van der Waals surface area contributed by atoms with Gasteiger partial charge in [-0.2, -0.15) is 0 Å². The second-order valence-corrected chi connectivity index (χ2v) is 9.18. The average Bonchev–Trinajstić information content (AvgIpc) is 3.11. The van der Waals surface area contributed by atoms with Crippen molar-refractivity contribution in [1.82, 2.24) is 15.5 Å². The monoisotopic (exact) mass is 434 g/mol. The van der Waals surface area contributed by atoms with Crippen LogP contribution in [0.3, 0.4) is 0 Å². The number of nitrogens with zero attached hydrogens (tertiary/aromatic N) is 1. The molecule has 2 aliphatic heterocycles. The van der Waals surface area contributed by atoms with Crippen LogP contribution in [-0.2, 0) is 22.4 Å². The van der Waals surface area contributed by atoms with E-state index in [-0.39, 0.29) is 36.9 Å². The molecular formula is C25H30N4O3. The molecule has 0 radical (unpaired) electrons. The van der Waals surface area contributed by atoms with Gasteiger partial charge < -0.3 is 21.3 Å². The molecule has 0 unspecified atom stereocenters. The van der Waals surface area contributed by atoms with Crippen LogP contribution in [0.25, 0.3) is 0 Å². The third-order valence-corrected chi connectivity index (χ3v) is 6.35. The van der Waals surface area contributed by atoms with E-state index in [9.17, 15) is 14.4 Å². The van der Waals surface area contributed by atoms with Crippen molar-refractivity contribution in [3.63, 3.8) is 0 Å². The van der Waals surface area contributed by atoms with E-state index in [1.807, 2.05) is 62.4 Å². The van der Waals surface area contributed by atoms with Crippen LogP contribution >= 0.6 is 0 Å². The molecule has 2 heterocycles. The minimum Gasteiger partial charge on any atom is -0.354 e. The molecule has 7 heteroatoms. The summed E-state index contributed by atoms with van der Waals surface area (Å²) in [6.07, 6.45) is 0.907. The van der Waals surface area contributed by atoms with Gasteiger partial charge >= 0.3 is 0 Å². The molecule has 3 amide bonds. The zero-order valence-electron chi connectivity index (χ0n) is 18.5. The minimum absolute atomic E-state index is 0.0452. The van der Waals surface area contributed by atoms with Gasteiger partial charge in [0, 0.05) is 24.7 Å². The predicted octanol–water partition coefficient (Wildman–Crippen LogP) is 1.26. The van der Waals surface area contributed by atoms with Crippen molar-refractivity contribution < 1.29 is 14.4 Å². The van der Waals surface area contributed by atoms with Crippen LogP contribution in [0.1, 0.15) is 35.3 Å². The summed E-state index contributed by atoms with van der Waals surface area (Å²) in [5.74, 6) is -1.14. The first-order chi connectivity index (χ1) is 15.3. The molecule has 0 aromatic heterocycles. The van der Waals surface area contributed by atoms with E-state index in [2.05, 4.69) is 10.6 Å². The van der Waals surface area contributed by atoms with Crippen molar-refractivity contribution in [2.75, 3.05) is 13.1 Å². The topological polar surface area (TPSA) is 105 Å². The number of fused-ring (bicyclic) bond motifs is 1. The fourth-order valence-electron chi connectivity index (χ4n) is 4.87. The Balaban J connectivity index is 1.60. The van der Waals surface area contributed by atoms with Gasteiger partial charge in [0.05, 0.1) is 17.5 Å². The summed E-state index contributed by atoms with van der Waals surface area (Å²) in [5, 5.41) is 6.06. The Hall–Kier alpha value is -3.19. The summed E-state index contributed by atoms with van der Waals surface area (Å²) < 4.78 is 0. The number of benzene rings is 2. The Morgan fingerprint density at radius 2 is 1.84 bits per heavy atom. The Morgan fingerprint density at radius 3 is 2.56 bits per heavy atom. The molecule has 7 nitrogen and oxygen atoms in total. The van der Waals surface area contributed by atoms with Gasteiger partial charge in [0.25, 0.3) is 5.91 Å². The third kappa shape index (κ3) is 4.25. The number of carbonyl (C=O) groups is 3. The first kappa shape index (κ1) is 22.0. The van der Waals surface area contributed by atoms with Crippen molar-refractivity contribution in [2.24, 2.45) is 11.7 Å². The van der Waals surface area contributed by atoms with Gasteiger partial charge in [-0.1, -0.05) is 48.5 Å². The normalized spacial score (nSPS) is 23.1. The fraction of sp³-hybridized carbons (Fsp3) is 0.400. The molecule has 4 rings (SSSR count). The maximum atomic E-state index is 13.2. The van der Waals surface area contributed by atoms with Gasteiger partial charge in [-0.15, -0.1) is 0 Å². The van der Waals surface area contributed by atoms with Crippen molar-refractivity contribution >= 4 is 17.7 Å². The van der Waals surface area contributed by atoms with E-state index in [0.29, 0.717) is 18.4 Å². The number of nitrogens with two attached hydrogens (primary N) is 1. The molecule has 0 bridgehead atoms. The molecule has 2 aromatic rings. The Morgan fingerprint density at radius 1 is 1.16 bits per heavy atom. The second kappa shape index (κ2) is 8.74. The van der Waals surface area contributed by atoms with Crippen LogP contribution in [0.5, 0.6) is 0 Å². The number of carbonyl (C=O) groups excluding carboxylic acids is 3. The third-order valence-electron chi connectivity index (χ3n) is 6.35. The maximum Gasteiger partial charge on any atom is 0.252 e. The number of likely N-dealkylation sites (tertiary alicyclic amines) is 1. The van der Waals surface area contributed by atoms with Crippen molar-refractivity contribution in [3.8, 4) is 0 Å². The summed E-state index contributed by atoms with van der Waals surface area (Å²) in [6, 6.07) is 16.3. The van der Waals surface area contributed by atoms with Crippen LogP contribution < -0.4 is 16.4 Å². The van der Waals surface area contributed by atoms with Gasteiger partial charge in [-0.3, -0.25) is 14.4 Å². The van der Waals surface area contributed by atoms with E-state index in [1.165, 1.54) is 0 Å². The zero-order chi connectivity index (χ0) is 22.9. The van der Waals surface area contributed by atoms with Crippen molar-refractivity contribution in [1.29, 1.82) is 0 Å². The average molecular weight is 435 g/mol. The number of amides is 3. The Bertz CT molecular complexity index is 1020. The lowest BCUT2D eigenvalue weighted by molar-refractivity contribution is -0.132. The van der Waals surface area contributed by atoms with E-state index < -0.39 is 17.5 Å². The fourth-order valence-corrected chi connectivity index (χ4v) is 4.87. The molecule has 4 N–H and O–H groups in total. The molecule has 2 aromatic carbocycles. The Labute approximate surface area is 188 Å². The first-order valence-corrected chi connectivity index (χ1v) is 11.1. The van der Waals surface area contributed by atoms with E-state index in [1.54, 1.807) is 11.0 Å². The maximum absolute atomic E-state index is 13.2. The smallest absolute Gasteiger partial charge is 0.252 e. The summed E-state index contributed by atoms with van der Waals surface area (Å²) >= 11 is 0. The summed E-state index contributed by atoms with van der Waals surface area (Å²) in [4.78, 5) is 41.0. The lowest BCUT2D eigenvalue weighted by Gasteiger charge is -2.39. The number of rotatable bonds is 5. The highest BCUT2D eigenvalue weighted by atomic mass is 16.2. The van der Waals surface area contributed by atoms with Crippen molar-refractivity contribution in [2.45, 2.75) is 44.3 Å². The SMILES string of the molecule is CC(C)NC(=O)[C@@H]1CN(C(=O)[C@H](N)Cc2ccccc2)C[C@]12Cc1ccccc1C(=O)N2. The number of hydrogen-bond donors (Lipinski definition) is 3. The molecule has 1 saturated heterocycles. The molecule has 3 atom stereocenters. The molecule has 168 valence electrons. The quantitative estimate of drug-likeness (QED) is 0.659. The highest BCUT2D eigenvalue weighted by molar-refractivity contribution is 5.98. The highest BCUT2D eigenvalue weighted by Gasteiger charge is 2.54. The van der Waals surface area contributed by atoms with E-state index in [0.717, 1.165) is 11.1 Å².